The molecule has 0 aliphatic heterocycles. The van der Waals surface area contributed by atoms with Crippen LogP contribution in [0.2, 0.25) is 0 Å². The van der Waals surface area contributed by atoms with Crippen molar-refractivity contribution in [1.29, 1.82) is 0 Å². The Labute approximate surface area is 59.3 Å². The molecule has 3 heteroatoms. The second-order valence-corrected chi connectivity index (χ2v) is 3.69. The van der Waals surface area contributed by atoms with E-state index in [4.69, 9.17) is 5.73 Å². The SMILES string of the molecule is CCCCS(=O)CCN. The molecule has 2 nitrogen and oxygen atoms in total. The molecule has 0 fully saturated rings. The third kappa shape index (κ3) is 5.99. The lowest BCUT2D eigenvalue weighted by Crippen LogP contribution is -2.12. The fraction of sp³-hybridized carbons (Fsp3) is 1.00. The van der Waals surface area contributed by atoms with Crippen LogP contribution in [-0.2, 0) is 10.8 Å². The van der Waals surface area contributed by atoms with Gasteiger partial charge in [-0.3, -0.25) is 4.21 Å². The zero-order chi connectivity index (χ0) is 7.11. The Morgan fingerprint density at radius 1 is 1.44 bits per heavy atom. The van der Waals surface area contributed by atoms with Crippen LogP contribution >= 0.6 is 0 Å². The van der Waals surface area contributed by atoms with E-state index in [0.29, 0.717) is 12.3 Å². The third-order valence-electron chi connectivity index (χ3n) is 1.07. The Bertz CT molecular complexity index is 85.1. The molecule has 0 aromatic carbocycles. The van der Waals surface area contributed by atoms with Gasteiger partial charge in [0.05, 0.1) is 0 Å². The van der Waals surface area contributed by atoms with Gasteiger partial charge < -0.3 is 5.73 Å². The van der Waals surface area contributed by atoms with Crippen LogP contribution in [0.25, 0.3) is 0 Å². The van der Waals surface area contributed by atoms with Gasteiger partial charge in [0.1, 0.15) is 0 Å². The summed E-state index contributed by atoms with van der Waals surface area (Å²) < 4.78 is 10.8. The largest absolute Gasteiger partial charge is 0.330 e. The second kappa shape index (κ2) is 6.23. The van der Waals surface area contributed by atoms with Crippen molar-refractivity contribution in [2.75, 3.05) is 18.1 Å². The number of hydrogen-bond donors (Lipinski definition) is 1. The van der Waals surface area contributed by atoms with E-state index < -0.39 is 10.8 Å². The normalized spacial score (nSPS) is 13.6. The smallest absolute Gasteiger partial charge is 0.0357 e. The third-order valence-corrected chi connectivity index (χ3v) is 2.51. The number of rotatable bonds is 5. The van der Waals surface area contributed by atoms with Gasteiger partial charge in [0.15, 0.2) is 0 Å². The zero-order valence-electron chi connectivity index (χ0n) is 5.93. The van der Waals surface area contributed by atoms with Crippen LogP contribution in [0, 0.1) is 0 Å². The maximum Gasteiger partial charge on any atom is 0.0357 e. The Kier molecular flexibility index (Phi) is 6.31. The van der Waals surface area contributed by atoms with Gasteiger partial charge in [-0.2, -0.15) is 0 Å². The molecular formula is C6H15NOS. The molecule has 0 saturated carbocycles. The van der Waals surface area contributed by atoms with Crippen molar-refractivity contribution in [3.05, 3.63) is 0 Å². The molecule has 2 N–H and O–H groups in total. The standard InChI is InChI=1S/C6H15NOS/c1-2-3-5-9(8)6-4-7/h2-7H2,1H3. The lowest BCUT2D eigenvalue weighted by atomic mass is 10.4. The molecule has 0 aromatic rings. The molecule has 0 aromatic heterocycles. The highest BCUT2D eigenvalue weighted by Gasteiger charge is 1.94. The lowest BCUT2D eigenvalue weighted by Gasteiger charge is -1.95. The average molecular weight is 149 g/mol. The average Bonchev–Trinajstić information content (AvgIpc) is 1.85. The zero-order valence-corrected chi connectivity index (χ0v) is 6.75. The molecular weight excluding hydrogens is 134 g/mol. The maximum absolute atomic E-state index is 10.8. The van der Waals surface area contributed by atoms with Crippen molar-refractivity contribution in [2.24, 2.45) is 5.73 Å². The van der Waals surface area contributed by atoms with Gasteiger partial charge >= 0.3 is 0 Å². The monoisotopic (exact) mass is 149 g/mol. The van der Waals surface area contributed by atoms with Gasteiger partial charge in [-0.1, -0.05) is 13.3 Å². The second-order valence-electron chi connectivity index (χ2n) is 1.99. The van der Waals surface area contributed by atoms with Gasteiger partial charge in [-0.15, -0.1) is 0 Å². The highest BCUT2D eigenvalue weighted by Crippen LogP contribution is 1.90. The van der Waals surface area contributed by atoms with Crippen molar-refractivity contribution in [3.8, 4) is 0 Å². The van der Waals surface area contributed by atoms with E-state index in [1.807, 2.05) is 0 Å². The Balaban J connectivity index is 3.06. The number of hydrogen-bond acceptors (Lipinski definition) is 2. The quantitative estimate of drug-likeness (QED) is 0.618. The molecule has 0 amide bonds. The van der Waals surface area contributed by atoms with E-state index in [1.165, 1.54) is 0 Å². The van der Waals surface area contributed by atoms with Gasteiger partial charge in [-0.05, 0) is 6.42 Å². The van der Waals surface area contributed by atoms with E-state index >= 15 is 0 Å². The van der Waals surface area contributed by atoms with E-state index in [9.17, 15) is 4.21 Å². The highest BCUT2D eigenvalue weighted by atomic mass is 32.2. The molecule has 0 rings (SSSR count). The summed E-state index contributed by atoms with van der Waals surface area (Å²) in [6.45, 7) is 2.65. The van der Waals surface area contributed by atoms with E-state index in [2.05, 4.69) is 6.92 Å². The molecule has 0 aliphatic rings. The maximum atomic E-state index is 10.8. The molecule has 56 valence electrons. The van der Waals surface area contributed by atoms with Gasteiger partial charge in [0.2, 0.25) is 0 Å². The summed E-state index contributed by atoms with van der Waals surface area (Å²) in [4.78, 5) is 0. The molecule has 0 spiro atoms. The lowest BCUT2D eigenvalue weighted by molar-refractivity contribution is 0.679. The van der Waals surface area contributed by atoms with E-state index in [0.717, 1.165) is 18.6 Å². The van der Waals surface area contributed by atoms with Gasteiger partial charge in [0, 0.05) is 28.9 Å². The first-order valence-corrected chi connectivity index (χ1v) is 4.85. The minimum Gasteiger partial charge on any atom is -0.330 e. The van der Waals surface area contributed by atoms with Crippen LogP contribution in [-0.4, -0.2) is 22.3 Å². The molecule has 0 radical (unpaired) electrons. The fourth-order valence-electron chi connectivity index (χ4n) is 0.539. The first kappa shape index (κ1) is 9.11. The fourth-order valence-corrected chi connectivity index (χ4v) is 1.62. The van der Waals surface area contributed by atoms with Crippen LogP contribution in [0.1, 0.15) is 19.8 Å². The Hall–Kier alpha value is 0.110. The summed E-state index contributed by atoms with van der Waals surface area (Å²) in [6.07, 6.45) is 2.18. The van der Waals surface area contributed by atoms with Crippen molar-refractivity contribution >= 4 is 10.8 Å². The summed E-state index contributed by atoms with van der Waals surface area (Å²) in [5.41, 5.74) is 5.21. The summed E-state index contributed by atoms with van der Waals surface area (Å²) in [5.74, 6) is 1.49. The molecule has 0 heterocycles. The van der Waals surface area contributed by atoms with E-state index in [1.54, 1.807) is 0 Å². The van der Waals surface area contributed by atoms with Gasteiger partial charge in [-0.25, -0.2) is 0 Å². The van der Waals surface area contributed by atoms with Crippen LogP contribution < -0.4 is 5.73 Å². The molecule has 9 heavy (non-hydrogen) atoms. The van der Waals surface area contributed by atoms with Crippen molar-refractivity contribution in [1.82, 2.24) is 0 Å². The highest BCUT2D eigenvalue weighted by molar-refractivity contribution is 7.84. The molecule has 0 aliphatic carbocycles. The minimum atomic E-state index is -0.645. The van der Waals surface area contributed by atoms with E-state index in [-0.39, 0.29) is 0 Å². The predicted octanol–water partition coefficient (Wildman–Crippen LogP) is 0.494. The van der Waals surface area contributed by atoms with Crippen LogP contribution in [0.4, 0.5) is 0 Å². The summed E-state index contributed by atoms with van der Waals surface area (Å²) in [5, 5.41) is 0. The summed E-state index contributed by atoms with van der Waals surface area (Å²) in [6, 6.07) is 0. The van der Waals surface area contributed by atoms with Crippen molar-refractivity contribution in [3.63, 3.8) is 0 Å². The molecule has 1 unspecified atom stereocenters. The van der Waals surface area contributed by atoms with Crippen LogP contribution in [0.3, 0.4) is 0 Å². The predicted molar refractivity (Wildman–Crippen MR) is 41.8 cm³/mol. The Morgan fingerprint density at radius 3 is 2.56 bits per heavy atom. The molecule has 0 bridgehead atoms. The van der Waals surface area contributed by atoms with Crippen molar-refractivity contribution < 1.29 is 4.21 Å². The summed E-state index contributed by atoms with van der Waals surface area (Å²) in [7, 11) is -0.645. The molecule has 1 atom stereocenters. The first-order chi connectivity index (χ1) is 4.31. The van der Waals surface area contributed by atoms with Gasteiger partial charge in [0.25, 0.3) is 0 Å². The molecule has 0 saturated heterocycles. The topological polar surface area (TPSA) is 43.1 Å². The Morgan fingerprint density at radius 2 is 2.11 bits per heavy atom. The number of unbranched alkanes of at least 4 members (excludes halogenated alkanes) is 1. The first-order valence-electron chi connectivity index (χ1n) is 3.36. The van der Waals surface area contributed by atoms with Crippen LogP contribution in [0.15, 0.2) is 0 Å². The summed E-state index contributed by atoms with van der Waals surface area (Å²) >= 11 is 0. The van der Waals surface area contributed by atoms with Crippen LogP contribution in [0.5, 0.6) is 0 Å². The van der Waals surface area contributed by atoms with Crippen molar-refractivity contribution in [2.45, 2.75) is 19.8 Å². The number of nitrogens with two attached hydrogens (primary N) is 1. The minimum absolute atomic E-state index is 0.552.